The lowest BCUT2D eigenvalue weighted by Gasteiger charge is -2.28. The Kier molecular flexibility index (Phi) is 6.30. The number of anilines is 3. The lowest BCUT2D eigenvalue weighted by molar-refractivity contribution is 0.0527. The van der Waals surface area contributed by atoms with Gasteiger partial charge in [-0.2, -0.15) is 0 Å². The summed E-state index contributed by atoms with van der Waals surface area (Å²) >= 11 is 0. The molecule has 0 radical (unpaired) electrons. The van der Waals surface area contributed by atoms with Gasteiger partial charge in [0.25, 0.3) is 0 Å². The summed E-state index contributed by atoms with van der Waals surface area (Å²) in [5.74, 6) is -0.459. The third-order valence-corrected chi connectivity index (χ3v) is 4.52. The molecule has 1 aliphatic heterocycles. The SMILES string of the molecule is CCOC(=O)c1ccccc1NC(=O)Nc1ccc(N2CCCCC2)cc1. The lowest BCUT2D eigenvalue weighted by Crippen LogP contribution is -2.29. The number of hydrogen-bond acceptors (Lipinski definition) is 4. The Morgan fingerprint density at radius 1 is 0.963 bits per heavy atom. The third-order valence-electron chi connectivity index (χ3n) is 4.52. The highest BCUT2D eigenvalue weighted by atomic mass is 16.5. The Bertz CT molecular complexity index is 784. The van der Waals surface area contributed by atoms with E-state index in [-0.39, 0.29) is 6.61 Å². The maximum Gasteiger partial charge on any atom is 0.340 e. The van der Waals surface area contributed by atoms with Crippen LogP contribution in [-0.2, 0) is 4.74 Å². The lowest BCUT2D eigenvalue weighted by atomic mass is 10.1. The van der Waals surface area contributed by atoms with E-state index in [1.54, 1.807) is 31.2 Å². The molecule has 0 spiro atoms. The smallest absolute Gasteiger partial charge is 0.340 e. The molecule has 3 rings (SSSR count). The molecule has 2 aromatic carbocycles. The summed E-state index contributed by atoms with van der Waals surface area (Å²) in [4.78, 5) is 26.7. The van der Waals surface area contributed by atoms with Gasteiger partial charge in [-0.1, -0.05) is 12.1 Å². The quantitative estimate of drug-likeness (QED) is 0.764. The van der Waals surface area contributed by atoms with Crippen molar-refractivity contribution in [3.05, 3.63) is 54.1 Å². The number of nitrogens with one attached hydrogen (secondary N) is 2. The molecule has 0 atom stereocenters. The maximum absolute atomic E-state index is 12.3. The van der Waals surface area contributed by atoms with Gasteiger partial charge in [-0.3, -0.25) is 0 Å². The van der Waals surface area contributed by atoms with Crippen molar-refractivity contribution in [3.63, 3.8) is 0 Å². The molecule has 27 heavy (non-hydrogen) atoms. The number of piperidine rings is 1. The van der Waals surface area contributed by atoms with Crippen LogP contribution in [-0.4, -0.2) is 31.7 Å². The highest BCUT2D eigenvalue weighted by molar-refractivity contribution is 6.05. The van der Waals surface area contributed by atoms with Crippen LogP contribution in [0, 0.1) is 0 Å². The van der Waals surface area contributed by atoms with Crippen LogP contribution in [0.3, 0.4) is 0 Å². The number of rotatable bonds is 5. The largest absolute Gasteiger partial charge is 0.462 e. The summed E-state index contributed by atoms with van der Waals surface area (Å²) in [6.07, 6.45) is 3.74. The minimum Gasteiger partial charge on any atom is -0.462 e. The second-order valence-corrected chi connectivity index (χ2v) is 6.44. The average Bonchev–Trinajstić information content (AvgIpc) is 2.70. The first kappa shape index (κ1) is 18.8. The minimum absolute atomic E-state index is 0.280. The van der Waals surface area contributed by atoms with Crippen LogP contribution >= 0.6 is 0 Å². The zero-order chi connectivity index (χ0) is 19.1. The standard InChI is InChI=1S/C21H25N3O3/c1-2-27-20(25)18-8-4-5-9-19(18)23-21(26)22-16-10-12-17(13-11-16)24-14-6-3-7-15-24/h4-5,8-13H,2-3,6-7,14-15H2,1H3,(H2,22,23,26). The summed E-state index contributed by atoms with van der Waals surface area (Å²) in [5.41, 5.74) is 2.61. The molecule has 0 aromatic heterocycles. The fraction of sp³-hybridized carbons (Fsp3) is 0.333. The van der Waals surface area contributed by atoms with Crippen LogP contribution in [0.2, 0.25) is 0 Å². The summed E-state index contributed by atoms with van der Waals surface area (Å²) in [7, 11) is 0. The molecule has 6 heteroatoms. The predicted octanol–water partition coefficient (Wildman–Crippen LogP) is 4.50. The highest BCUT2D eigenvalue weighted by Crippen LogP contribution is 2.22. The highest BCUT2D eigenvalue weighted by Gasteiger charge is 2.14. The summed E-state index contributed by atoms with van der Waals surface area (Å²) < 4.78 is 5.02. The van der Waals surface area contributed by atoms with E-state index in [1.807, 2.05) is 24.3 Å². The van der Waals surface area contributed by atoms with Crippen molar-refractivity contribution < 1.29 is 14.3 Å². The fourth-order valence-electron chi connectivity index (χ4n) is 3.17. The van der Waals surface area contributed by atoms with E-state index in [1.165, 1.54) is 24.9 Å². The molecule has 1 fully saturated rings. The van der Waals surface area contributed by atoms with E-state index >= 15 is 0 Å². The van der Waals surface area contributed by atoms with Gasteiger partial charge in [0.2, 0.25) is 0 Å². The van der Waals surface area contributed by atoms with Gasteiger partial charge in [-0.15, -0.1) is 0 Å². The Morgan fingerprint density at radius 2 is 1.67 bits per heavy atom. The Labute approximate surface area is 159 Å². The molecular formula is C21H25N3O3. The zero-order valence-corrected chi connectivity index (χ0v) is 15.5. The first-order valence-electron chi connectivity index (χ1n) is 9.36. The number of nitrogens with zero attached hydrogens (tertiary/aromatic N) is 1. The molecule has 2 N–H and O–H groups in total. The Morgan fingerprint density at radius 3 is 2.37 bits per heavy atom. The van der Waals surface area contributed by atoms with Gasteiger partial charge in [0, 0.05) is 24.5 Å². The van der Waals surface area contributed by atoms with E-state index < -0.39 is 12.0 Å². The van der Waals surface area contributed by atoms with Crippen LogP contribution in [0.25, 0.3) is 0 Å². The number of carbonyl (C=O) groups is 2. The van der Waals surface area contributed by atoms with Crippen molar-refractivity contribution in [2.24, 2.45) is 0 Å². The monoisotopic (exact) mass is 367 g/mol. The van der Waals surface area contributed by atoms with Crippen molar-refractivity contribution in [1.82, 2.24) is 0 Å². The number of amides is 2. The summed E-state index contributed by atoms with van der Waals surface area (Å²) in [6, 6.07) is 14.2. The molecule has 0 bridgehead atoms. The van der Waals surface area contributed by atoms with Crippen LogP contribution in [0.5, 0.6) is 0 Å². The van der Waals surface area contributed by atoms with Gasteiger partial charge in [0.15, 0.2) is 0 Å². The van der Waals surface area contributed by atoms with Gasteiger partial charge in [-0.05, 0) is 62.6 Å². The van der Waals surface area contributed by atoms with Gasteiger partial charge in [0.05, 0.1) is 17.9 Å². The van der Waals surface area contributed by atoms with Gasteiger partial charge >= 0.3 is 12.0 Å². The number of carbonyl (C=O) groups excluding carboxylic acids is 2. The second-order valence-electron chi connectivity index (χ2n) is 6.44. The van der Waals surface area contributed by atoms with Crippen molar-refractivity contribution in [2.75, 3.05) is 35.2 Å². The number of urea groups is 1. The molecule has 2 aromatic rings. The number of benzene rings is 2. The van der Waals surface area contributed by atoms with Gasteiger partial charge in [-0.25, -0.2) is 9.59 Å². The Hall–Kier alpha value is -3.02. The topological polar surface area (TPSA) is 70.7 Å². The number of esters is 1. The first-order valence-corrected chi connectivity index (χ1v) is 9.36. The van der Waals surface area contributed by atoms with Crippen LogP contribution in [0.4, 0.5) is 21.9 Å². The number of ether oxygens (including phenoxy) is 1. The molecular weight excluding hydrogens is 342 g/mol. The van der Waals surface area contributed by atoms with Crippen molar-refractivity contribution >= 4 is 29.1 Å². The first-order chi connectivity index (χ1) is 13.2. The molecule has 142 valence electrons. The van der Waals surface area contributed by atoms with Crippen molar-refractivity contribution in [1.29, 1.82) is 0 Å². The average molecular weight is 367 g/mol. The second kappa shape index (κ2) is 9.07. The van der Waals surface area contributed by atoms with Crippen LogP contribution < -0.4 is 15.5 Å². The van der Waals surface area contributed by atoms with Gasteiger partial charge < -0.3 is 20.3 Å². The van der Waals surface area contributed by atoms with Gasteiger partial charge in [0.1, 0.15) is 0 Å². The van der Waals surface area contributed by atoms with E-state index in [9.17, 15) is 9.59 Å². The minimum atomic E-state index is -0.459. The number of hydrogen-bond donors (Lipinski definition) is 2. The molecule has 0 saturated carbocycles. The summed E-state index contributed by atoms with van der Waals surface area (Å²) in [5, 5.41) is 5.51. The van der Waals surface area contributed by atoms with Crippen LogP contribution in [0.15, 0.2) is 48.5 Å². The van der Waals surface area contributed by atoms with E-state index in [2.05, 4.69) is 15.5 Å². The third kappa shape index (κ3) is 5.00. The fourth-order valence-corrected chi connectivity index (χ4v) is 3.17. The molecule has 0 aliphatic carbocycles. The molecule has 0 unspecified atom stereocenters. The van der Waals surface area contributed by atoms with E-state index in [0.717, 1.165) is 13.1 Å². The zero-order valence-electron chi connectivity index (χ0n) is 15.5. The number of para-hydroxylation sites is 1. The molecule has 1 aliphatic rings. The summed E-state index contributed by atoms with van der Waals surface area (Å²) in [6.45, 7) is 4.19. The molecule has 2 amide bonds. The van der Waals surface area contributed by atoms with Crippen molar-refractivity contribution in [2.45, 2.75) is 26.2 Å². The molecule has 6 nitrogen and oxygen atoms in total. The van der Waals surface area contributed by atoms with Crippen LogP contribution in [0.1, 0.15) is 36.5 Å². The van der Waals surface area contributed by atoms with Crippen molar-refractivity contribution in [3.8, 4) is 0 Å². The Balaban J connectivity index is 1.62. The maximum atomic E-state index is 12.3. The normalized spacial score (nSPS) is 13.7. The molecule has 1 heterocycles. The molecule has 1 saturated heterocycles. The predicted molar refractivity (Wildman–Crippen MR) is 108 cm³/mol. The van der Waals surface area contributed by atoms with E-state index in [0.29, 0.717) is 16.9 Å². The van der Waals surface area contributed by atoms with E-state index in [4.69, 9.17) is 4.74 Å².